The average Bonchev–Trinajstić information content (AvgIpc) is 2.90. The number of hydrogen-bond donors (Lipinski definition) is 0. The Morgan fingerprint density at radius 1 is 1.05 bits per heavy atom. The van der Waals surface area contributed by atoms with Crippen LogP contribution in [-0.2, 0) is 12.7 Å². The zero-order valence-corrected chi connectivity index (χ0v) is 21.4. The van der Waals surface area contributed by atoms with E-state index in [1.165, 1.54) is 18.3 Å². The highest BCUT2D eigenvalue weighted by Crippen LogP contribution is 2.42. The van der Waals surface area contributed by atoms with Gasteiger partial charge in [0.2, 0.25) is 0 Å². The summed E-state index contributed by atoms with van der Waals surface area (Å²) in [6.07, 6.45) is -1.68. The summed E-state index contributed by atoms with van der Waals surface area (Å²) >= 11 is 0. The maximum Gasteiger partial charge on any atom is 0.418 e. The van der Waals surface area contributed by atoms with Crippen LogP contribution in [0.1, 0.15) is 71.2 Å². The molecule has 0 aliphatic heterocycles. The number of benzene rings is 1. The van der Waals surface area contributed by atoms with Gasteiger partial charge in [0.1, 0.15) is 11.3 Å². The fraction of sp³-hybridized carbons (Fsp3) is 0.310. The van der Waals surface area contributed by atoms with E-state index in [2.05, 4.69) is 15.0 Å². The zero-order valence-electron chi connectivity index (χ0n) is 21.4. The minimum Gasteiger partial charge on any atom is -0.285 e. The van der Waals surface area contributed by atoms with Crippen LogP contribution in [0.4, 0.5) is 26.3 Å². The second-order valence-electron chi connectivity index (χ2n) is 9.94. The largest absolute Gasteiger partial charge is 0.418 e. The number of pyridine rings is 2. The lowest BCUT2D eigenvalue weighted by molar-refractivity contribution is -0.138. The number of rotatable bonds is 5. The molecule has 0 radical (unpaired) electrons. The molecule has 5 nitrogen and oxygen atoms in total. The number of alkyl halides is 3. The summed E-state index contributed by atoms with van der Waals surface area (Å²) in [7, 11) is 0. The molecule has 3 heterocycles. The Kier molecular flexibility index (Phi) is 7.48. The van der Waals surface area contributed by atoms with Gasteiger partial charge in [-0.1, -0.05) is 12.1 Å². The van der Waals surface area contributed by atoms with Gasteiger partial charge < -0.3 is 0 Å². The van der Waals surface area contributed by atoms with Crippen molar-refractivity contribution < 1.29 is 26.3 Å². The molecule has 4 aromatic rings. The topological polar surface area (TPSA) is 60.7 Å². The molecular formula is C29H24F6N4O. The van der Waals surface area contributed by atoms with Gasteiger partial charge in [0.25, 0.3) is 11.6 Å². The Morgan fingerprint density at radius 3 is 2.45 bits per heavy atom. The highest BCUT2D eigenvalue weighted by atomic mass is 19.4. The van der Waals surface area contributed by atoms with Crippen LogP contribution < -0.4 is 5.56 Å². The summed E-state index contributed by atoms with van der Waals surface area (Å²) in [5.74, 6) is -0.591. The van der Waals surface area contributed by atoms with Crippen molar-refractivity contribution in [3.63, 3.8) is 0 Å². The lowest BCUT2D eigenvalue weighted by Gasteiger charge is -2.30. The van der Waals surface area contributed by atoms with E-state index in [4.69, 9.17) is 0 Å². The third-order valence-electron chi connectivity index (χ3n) is 7.44. The van der Waals surface area contributed by atoms with Gasteiger partial charge in [-0.3, -0.25) is 14.3 Å². The van der Waals surface area contributed by atoms with Crippen LogP contribution in [0.3, 0.4) is 0 Å². The van der Waals surface area contributed by atoms with Crippen LogP contribution in [0.5, 0.6) is 0 Å². The maximum absolute atomic E-state index is 14.6. The molecule has 0 N–H and O–H groups in total. The Morgan fingerprint density at radius 2 is 1.77 bits per heavy atom. The second-order valence-corrected chi connectivity index (χ2v) is 9.94. The Bertz CT molecular complexity index is 1630. The van der Waals surface area contributed by atoms with Crippen molar-refractivity contribution >= 4 is 17.2 Å². The molecule has 1 saturated carbocycles. The standard InChI is InChI=1S/C29H24F6N4O/c1-16-4-2-6-22(30)26(16)18-9-7-17(8-10-18)20-13-23-27(37-14-19(38-23)12-25(31)32)39(28(20)40)15-24-21(29(33,34)35)5-3-11-36-24/h2-6,11-14,17-18H,7-10,15H2,1H3. The summed E-state index contributed by atoms with van der Waals surface area (Å²) in [5.41, 5.74) is -0.214. The first kappa shape index (κ1) is 27.5. The van der Waals surface area contributed by atoms with Gasteiger partial charge in [-0.2, -0.15) is 22.0 Å². The normalized spacial score (nSPS) is 17.7. The van der Waals surface area contributed by atoms with Gasteiger partial charge in [0.05, 0.1) is 29.7 Å². The smallest absolute Gasteiger partial charge is 0.285 e. The summed E-state index contributed by atoms with van der Waals surface area (Å²) in [6, 6.07) is 8.45. The minimum absolute atomic E-state index is 0.0351. The highest BCUT2D eigenvalue weighted by molar-refractivity contribution is 5.72. The van der Waals surface area contributed by atoms with Gasteiger partial charge in [0.15, 0.2) is 5.65 Å². The number of aromatic nitrogens is 4. The Hall–Kier alpha value is -4.02. The zero-order chi connectivity index (χ0) is 28.6. The first-order valence-corrected chi connectivity index (χ1v) is 12.7. The van der Waals surface area contributed by atoms with E-state index >= 15 is 0 Å². The summed E-state index contributed by atoms with van der Waals surface area (Å²) in [5, 5.41) is 0. The third kappa shape index (κ3) is 5.50. The van der Waals surface area contributed by atoms with Crippen LogP contribution >= 0.6 is 0 Å². The molecule has 1 fully saturated rings. The molecule has 0 spiro atoms. The molecule has 208 valence electrons. The van der Waals surface area contributed by atoms with Crippen molar-refractivity contribution in [1.82, 2.24) is 19.5 Å². The van der Waals surface area contributed by atoms with Crippen molar-refractivity contribution in [1.29, 1.82) is 0 Å². The maximum atomic E-state index is 14.6. The van der Waals surface area contributed by atoms with Crippen molar-refractivity contribution in [3.8, 4) is 0 Å². The van der Waals surface area contributed by atoms with Crippen LogP contribution in [0, 0.1) is 12.7 Å². The van der Waals surface area contributed by atoms with Gasteiger partial charge in [-0.25, -0.2) is 14.4 Å². The number of hydrogen-bond acceptors (Lipinski definition) is 4. The average molecular weight is 559 g/mol. The van der Waals surface area contributed by atoms with Crippen LogP contribution in [0.25, 0.3) is 17.2 Å². The molecule has 1 aliphatic rings. The molecule has 0 amide bonds. The van der Waals surface area contributed by atoms with E-state index in [1.807, 2.05) is 13.0 Å². The van der Waals surface area contributed by atoms with Crippen LogP contribution in [0.2, 0.25) is 0 Å². The monoisotopic (exact) mass is 558 g/mol. The van der Waals surface area contributed by atoms with Crippen molar-refractivity contribution in [2.75, 3.05) is 0 Å². The van der Waals surface area contributed by atoms with Crippen molar-refractivity contribution in [2.24, 2.45) is 0 Å². The SMILES string of the molecule is Cc1cccc(F)c1C1CCC(c2cc3nc(C=C(F)F)cnc3n(Cc3ncccc3C(F)(F)F)c2=O)CC1. The fourth-order valence-electron chi connectivity index (χ4n) is 5.62. The summed E-state index contributed by atoms with van der Waals surface area (Å²) < 4.78 is 82.5. The summed E-state index contributed by atoms with van der Waals surface area (Å²) in [4.78, 5) is 26.0. The van der Waals surface area contributed by atoms with Crippen molar-refractivity contribution in [2.45, 2.75) is 57.2 Å². The van der Waals surface area contributed by atoms with E-state index < -0.39 is 29.9 Å². The third-order valence-corrected chi connectivity index (χ3v) is 7.44. The lowest BCUT2D eigenvalue weighted by Crippen LogP contribution is -2.29. The quantitative estimate of drug-likeness (QED) is 0.240. The van der Waals surface area contributed by atoms with E-state index in [0.717, 1.165) is 28.5 Å². The van der Waals surface area contributed by atoms with Gasteiger partial charge in [-0.15, -0.1) is 0 Å². The molecule has 1 aliphatic carbocycles. The predicted molar refractivity (Wildman–Crippen MR) is 137 cm³/mol. The Labute approximate surface area is 225 Å². The van der Waals surface area contributed by atoms with E-state index in [0.29, 0.717) is 42.9 Å². The van der Waals surface area contributed by atoms with Gasteiger partial charge >= 0.3 is 6.18 Å². The van der Waals surface area contributed by atoms with Crippen LogP contribution in [0.15, 0.2) is 59.7 Å². The molecule has 0 bridgehead atoms. The molecule has 5 rings (SSSR count). The van der Waals surface area contributed by atoms with Gasteiger partial charge in [0, 0.05) is 17.8 Å². The minimum atomic E-state index is -4.70. The summed E-state index contributed by atoms with van der Waals surface area (Å²) in [6.45, 7) is 1.31. The number of nitrogens with zero attached hydrogens (tertiary/aromatic N) is 4. The first-order chi connectivity index (χ1) is 19.0. The molecule has 0 atom stereocenters. The molecule has 0 unspecified atom stereocenters. The van der Waals surface area contributed by atoms with E-state index in [9.17, 15) is 31.1 Å². The lowest BCUT2D eigenvalue weighted by atomic mass is 9.75. The number of fused-ring (bicyclic) bond motifs is 1. The predicted octanol–water partition coefficient (Wildman–Crippen LogP) is 7.38. The van der Waals surface area contributed by atoms with E-state index in [-0.39, 0.29) is 40.2 Å². The number of halogens is 6. The highest BCUT2D eigenvalue weighted by Gasteiger charge is 2.34. The van der Waals surface area contributed by atoms with E-state index in [1.54, 1.807) is 6.07 Å². The molecule has 0 saturated heterocycles. The molecule has 3 aromatic heterocycles. The Balaban J connectivity index is 1.57. The molecule has 40 heavy (non-hydrogen) atoms. The second kappa shape index (κ2) is 10.9. The number of aryl methyl sites for hydroxylation is 1. The van der Waals surface area contributed by atoms with Crippen LogP contribution in [-0.4, -0.2) is 19.5 Å². The molecular weight excluding hydrogens is 534 g/mol. The molecule has 11 heteroatoms. The fourth-order valence-corrected chi connectivity index (χ4v) is 5.62. The molecule has 1 aromatic carbocycles. The first-order valence-electron chi connectivity index (χ1n) is 12.7. The van der Waals surface area contributed by atoms with Gasteiger partial charge in [-0.05, 0) is 79.8 Å². The van der Waals surface area contributed by atoms with Crippen molar-refractivity contribution in [3.05, 3.63) is 105 Å².